The highest BCUT2D eigenvalue weighted by Gasteiger charge is 2.35. The molecule has 2 rings (SSSR count). The normalized spacial score (nSPS) is 19.0. The summed E-state index contributed by atoms with van der Waals surface area (Å²) in [6.07, 6.45) is 0. The van der Waals surface area contributed by atoms with E-state index in [9.17, 15) is 4.79 Å². The summed E-state index contributed by atoms with van der Waals surface area (Å²) in [4.78, 5) is 15.4. The van der Waals surface area contributed by atoms with E-state index in [1.165, 1.54) is 0 Å². The molecule has 1 aromatic carbocycles. The van der Waals surface area contributed by atoms with Crippen LogP contribution in [0.15, 0.2) is 12.1 Å². The van der Waals surface area contributed by atoms with Gasteiger partial charge in [-0.1, -0.05) is 0 Å². The average molecular weight is 264 g/mol. The average Bonchev–Trinajstić information content (AvgIpc) is 2.65. The van der Waals surface area contributed by atoms with E-state index < -0.39 is 0 Å². The molecule has 2 amide bonds. The Morgan fingerprint density at radius 1 is 1.21 bits per heavy atom. The summed E-state index contributed by atoms with van der Waals surface area (Å²) in [5, 5.41) is 0. The van der Waals surface area contributed by atoms with Crippen LogP contribution in [0.5, 0.6) is 11.5 Å². The zero-order chi connectivity index (χ0) is 14.2. The second-order valence-corrected chi connectivity index (χ2v) is 4.85. The molecule has 0 radical (unpaired) electrons. The van der Waals surface area contributed by atoms with E-state index in [1.807, 2.05) is 33.2 Å². The summed E-state index contributed by atoms with van der Waals surface area (Å²) in [7, 11) is 6.90. The summed E-state index contributed by atoms with van der Waals surface area (Å²) in [6, 6.07) is 3.87. The standard InChI is InChI=1S/C14H20N2O3/c1-9-6-10(18-4)7-12(19-5)13(9)11-8-15(2)14(17)16(11)3/h6-7,11H,8H2,1-5H3. The highest BCUT2D eigenvalue weighted by molar-refractivity contribution is 5.77. The molecule has 0 N–H and O–H groups in total. The van der Waals surface area contributed by atoms with Crippen LogP contribution in [0.4, 0.5) is 4.79 Å². The summed E-state index contributed by atoms with van der Waals surface area (Å²) >= 11 is 0. The van der Waals surface area contributed by atoms with Crippen LogP contribution in [0, 0.1) is 6.92 Å². The van der Waals surface area contributed by atoms with Crippen LogP contribution in [-0.2, 0) is 0 Å². The third-order valence-electron chi connectivity index (χ3n) is 3.65. The summed E-state index contributed by atoms with van der Waals surface area (Å²) < 4.78 is 10.7. The smallest absolute Gasteiger partial charge is 0.320 e. The zero-order valence-corrected chi connectivity index (χ0v) is 12.1. The minimum atomic E-state index is 0.0124. The maximum Gasteiger partial charge on any atom is 0.320 e. The van der Waals surface area contributed by atoms with Crippen molar-refractivity contribution in [3.05, 3.63) is 23.3 Å². The van der Waals surface area contributed by atoms with Gasteiger partial charge in [-0.25, -0.2) is 4.79 Å². The molecule has 1 aliphatic heterocycles. The number of likely N-dealkylation sites (N-methyl/N-ethyl adjacent to an activating group) is 2. The predicted molar refractivity (Wildman–Crippen MR) is 72.8 cm³/mol. The Morgan fingerprint density at radius 3 is 2.37 bits per heavy atom. The second kappa shape index (κ2) is 4.99. The molecule has 0 saturated carbocycles. The maximum absolute atomic E-state index is 11.9. The first kappa shape index (κ1) is 13.5. The first-order valence-electron chi connectivity index (χ1n) is 6.20. The van der Waals surface area contributed by atoms with Crippen molar-refractivity contribution < 1.29 is 14.3 Å². The van der Waals surface area contributed by atoms with E-state index in [2.05, 4.69) is 0 Å². The molecule has 1 aliphatic rings. The predicted octanol–water partition coefficient (Wildman–Crippen LogP) is 2.05. The molecular formula is C14H20N2O3. The van der Waals surface area contributed by atoms with E-state index in [0.29, 0.717) is 6.54 Å². The molecule has 104 valence electrons. The van der Waals surface area contributed by atoms with Gasteiger partial charge in [0.25, 0.3) is 0 Å². The van der Waals surface area contributed by atoms with Gasteiger partial charge in [-0.2, -0.15) is 0 Å². The molecule has 0 spiro atoms. The fraction of sp³-hybridized carbons (Fsp3) is 0.500. The Morgan fingerprint density at radius 2 is 1.89 bits per heavy atom. The van der Waals surface area contributed by atoms with Gasteiger partial charge in [-0.15, -0.1) is 0 Å². The lowest BCUT2D eigenvalue weighted by atomic mass is 9.99. The van der Waals surface area contributed by atoms with Crippen LogP contribution in [0.3, 0.4) is 0 Å². The monoisotopic (exact) mass is 264 g/mol. The molecule has 1 atom stereocenters. The number of benzene rings is 1. The minimum Gasteiger partial charge on any atom is -0.497 e. The number of carbonyl (C=O) groups excluding carboxylic acids is 1. The van der Waals surface area contributed by atoms with E-state index in [-0.39, 0.29) is 12.1 Å². The molecule has 0 bridgehead atoms. The van der Waals surface area contributed by atoms with Crippen molar-refractivity contribution in [1.82, 2.24) is 9.80 Å². The van der Waals surface area contributed by atoms with Crippen molar-refractivity contribution in [3.8, 4) is 11.5 Å². The first-order chi connectivity index (χ1) is 8.99. The SMILES string of the molecule is COc1cc(C)c(C2CN(C)C(=O)N2C)c(OC)c1. The van der Waals surface area contributed by atoms with Crippen molar-refractivity contribution in [2.24, 2.45) is 0 Å². The minimum absolute atomic E-state index is 0.0124. The largest absolute Gasteiger partial charge is 0.497 e. The van der Waals surface area contributed by atoms with Crippen molar-refractivity contribution in [2.45, 2.75) is 13.0 Å². The van der Waals surface area contributed by atoms with Crippen LogP contribution < -0.4 is 9.47 Å². The van der Waals surface area contributed by atoms with E-state index in [4.69, 9.17) is 9.47 Å². The lowest BCUT2D eigenvalue weighted by Crippen LogP contribution is -2.27. The second-order valence-electron chi connectivity index (χ2n) is 4.85. The molecule has 1 aromatic rings. The van der Waals surface area contributed by atoms with Gasteiger partial charge in [0.05, 0.1) is 20.3 Å². The molecule has 5 heteroatoms. The van der Waals surface area contributed by atoms with Crippen molar-refractivity contribution in [2.75, 3.05) is 34.9 Å². The quantitative estimate of drug-likeness (QED) is 0.839. The first-order valence-corrected chi connectivity index (χ1v) is 6.20. The number of methoxy groups -OCH3 is 2. The Bertz CT molecular complexity index is 502. The molecule has 5 nitrogen and oxygen atoms in total. The number of hydrogen-bond donors (Lipinski definition) is 0. The number of amides is 2. The van der Waals surface area contributed by atoms with Crippen molar-refractivity contribution >= 4 is 6.03 Å². The Hall–Kier alpha value is -1.91. The van der Waals surface area contributed by atoms with E-state index in [0.717, 1.165) is 22.6 Å². The lowest BCUT2D eigenvalue weighted by molar-refractivity contribution is 0.201. The zero-order valence-electron chi connectivity index (χ0n) is 12.1. The molecule has 0 aromatic heterocycles. The Kier molecular flexibility index (Phi) is 3.55. The number of hydrogen-bond acceptors (Lipinski definition) is 3. The number of nitrogens with zero attached hydrogens (tertiary/aromatic N) is 2. The molecule has 1 unspecified atom stereocenters. The number of urea groups is 1. The number of carbonyl (C=O) groups is 1. The van der Waals surface area contributed by atoms with Crippen LogP contribution in [-0.4, -0.2) is 50.7 Å². The van der Waals surface area contributed by atoms with Crippen molar-refractivity contribution in [1.29, 1.82) is 0 Å². The van der Waals surface area contributed by atoms with Crippen LogP contribution >= 0.6 is 0 Å². The number of aryl methyl sites for hydroxylation is 1. The van der Waals surface area contributed by atoms with Gasteiger partial charge in [-0.3, -0.25) is 0 Å². The van der Waals surface area contributed by atoms with Gasteiger partial charge in [-0.05, 0) is 18.6 Å². The Labute approximate surface area is 113 Å². The molecule has 1 saturated heterocycles. The fourth-order valence-electron chi connectivity index (χ4n) is 2.60. The topological polar surface area (TPSA) is 42.0 Å². The van der Waals surface area contributed by atoms with Gasteiger partial charge in [0.1, 0.15) is 11.5 Å². The molecule has 19 heavy (non-hydrogen) atoms. The van der Waals surface area contributed by atoms with Gasteiger partial charge < -0.3 is 19.3 Å². The van der Waals surface area contributed by atoms with E-state index in [1.54, 1.807) is 24.0 Å². The van der Waals surface area contributed by atoms with Gasteiger partial charge in [0.15, 0.2) is 0 Å². The highest BCUT2D eigenvalue weighted by Crippen LogP contribution is 2.38. The highest BCUT2D eigenvalue weighted by atomic mass is 16.5. The van der Waals surface area contributed by atoms with Gasteiger partial charge >= 0.3 is 6.03 Å². The molecule has 1 fully saturated rings. The number of rotatable bonds is 3. The third kappa shape index (κ3) is 2.20. The number of ether oxygens (including phenoxy) is 2. The van der Waals surface area contributed by atoms with Crippen LogP contribution in [0.25, 0.3) is 0 Å². The van der Waals surface area contributed by atoms with Gasteiger partial charge in [0.2, 0.25) is 0 Å². The lowest BCUT2D eigenvalue weighted by Gasteiger charge is -2.23. The fourth-order valence-corrected chi connectivity index (χ4v) is 2.60. The van der Waals surface area contributed by atoms with E-state index >= 15 is 0 Å². The molecule has 0 aliphatic carbocycles. The maximum atomic E-state index is 11.9. The molecular weight excluding hydrogens is 244 g/mol. The summed E-state index contributed by atoms with van der Waals surface area (Å²) in [5.41, 5.74) is 2.11. The van der Waals surface area contributed by atoms with Crippen LogP contribution in [0.2, 0.25) is 0 Å². The summed E-state index contributed by atoms with van der Waals surface area (Å²) in [5.74, 6) is 1.52. The Balaban J connectivity index is 2.48. The van der Waals surface area contributed by atoms with Crippen molar-refractivity contribution in [3.63, 3.8) is 0 Å². The van der Waals surface area contributed by atoms with Crippen LogP contribution in [0.1, 0.15) is 17.2 Å². The molecule has 1 heterocycles. The third-order valence-corrected chi connectivity index (χ3v) is 3.65. The van der Waals surface area contributed by atoms with Gasteiger partial charge in [0, 0.05) is 32.3 Å². The summed E-state index contributed by atoms with van der Waals surface area (Å²) in [6.45, 7) is 2.68.